The molecule has 1 aliphatic heterocycles. The normalized spacial score (nSPS) is 17.7. The summed E-state index contributed by atoms with van der Waals surface area (Å²) in [5.74, 6) is 0.177. The highest BCUT2D eigenvalue weighted by atomic mass is 16.5. The Bertz CT molecular complexity index is 548. The lowest BCUT2D eigenvalue weighted by Crippen LogP contribution is -2.43. The maximum absolute atomic E-state index is 12.1. The topological polar surface area (TPSA) is 70.7 Å². The van der Waals surface area contributed by atoms with Crippen LogP contribution in [0.4, 0.5) is 4.79 Å². The Labute approximate surface area is 137 Å². The first kappa shape index (κ1) is 17.3. The van der Waals surface area contributed by atoms with Crippen LogP contribution in [0.5, 0.6) is 0 Å². The van der Waals surface area contributed by atoms with Gasteiger partial charge in [0.1, 0.15) is 0 Å². The fourth-order valence-electron chi connectivity index (χ4n) is 2.89. The van der Waals surface area contributed by atoms with Gasteiger partial charge in [0.05, 0.1) is 6.61 Å². The molecular weight excluding hydrogens is 294 g/mol. The average molecular weight is 319 g/mol. The molecule has 23 heavy (non-hydrogen) atoms. The molecular formula is C17H25N3O3. The summed E-state index contributed by atoms with van der Waals surface area (Å²) in [5, 5.41) is 5.50. The molecule has 1 fully saturated rings. The van der Waals surface area contributed by atoms with Crippen LogP contribution in [0.1, 0.15) is 34.7 Å². The van der Waals surface area contributed by atoms with Gasteiger partial charge in [0.15, 0.2) is 0 Å². The first-order valence-electron chi connectivity index (χ1n) is 7.99. The molecule has 6 nitrogen and oxygen atoms in total. The third-order valence-electron chi connectivity index (χ3n) is 4.13. The molecule has 0 bridgehead atoms. The molecule has 1 heterocycles. The molecule has 3 amide bonds. The Morgan fingerprint density at radius 2 is 2.22 bits per heavy atom. The number of carbonyl (C=O) groups is 2. The maximum Gasteiger partial charge on any atom is 0.317 e. The lowest BCUT2D eigenvalue weighted by atomic mass is 9.90. The summed E-state index contributed by atoms with van der Waals surface area (Å²) in [5.41, 5.74) is 1.76. The zero-order valence-electron chi connectivity index (χ0n) is 13.8. The van der Waals surface area contributed by atoms with Crippen LogP contribution < -0.4 is 10.6 Å². The molecule has 1 aromatic carbocycles. The molecule has 2 rings (SSSR count). The van der Waals surface area contributed by atoms with Crippen LogP contribution in [0.25, 0.3) is 0 Å². The van der Waals surface area contributed by atoms with Crippen molar-refractivity contribution >= 4 is 11.9 Å². The third kappa shape index (κ3) is 4.69. The monoisotopic (exact) mass is 319 g/mol. The second-order valence-electron chi connectivity index (χ2n) is 5.71. The van der Waals surface area contributed by atoms with Gasteiger partial charge in [-0.1, -0.05) is 12.1 Å². The van der Waals surface area contributed by atoms with Crippen LogP contribution in [0.2, 0.25) is 0 Å². The van der Waals surface area contributed by atoms with Gasteiger partial charge in [-0.15, -0.1) is 0 Å². The molecule has 0 radical (unpaired) electrons. The van der Waals surface area contributed by atoms with Crippen LogP contribution in [0, 0.1) is 0 Å². The van der Waals surface area contributed by atoms with Crippen molar-refractivity contribution in [2.24, 2.45) is 0 Å². The first-order chi connectivity index (χ1) is 11.2. The van der Waals surface area contributed by atoms with Crippen molar-refractivity contribution in [1.82, 2.24) is 15.5 Å². The number of rotatable bonds is 5. The van der Waals surface area contributed by atoms with Crippen molar-refractivity contribution in [2.45, 2.75) is 18.8 Å². The molecule has 0 aliphatic carbocycles. The Morgan fingerprint density at radius 3 is 2.96 bits per heavy atom. The molecule has 126 valence electrons. The quantitative estimate of drug-likeness (QED) is 0.810. The Balaban J connectivity index is 2.04. The van der Waals surface area contributed by atoms with E-state index in [1.54, 1.807) is 14.2 Å². The molecule has 6 heteroatoms. The van der Waals surface area contributed by atoms with Gasteiger partial charge in [-0.2, -0.15) is 0 Å². The van der Waals surface area contributed by atoms with E-state index in [0.29, 0.717) is 25.3 Å². The number of carbonyl (C=O) groups excluding carboxylic acids is 2. The van der Waals surface area contributed by atoms with Gasteiger partial charge in [0, 0.05) is 45.3 Å². The second-order valence-corrected chi connectivity index (χ2v) is 5.71. The van der Waals surface area contributed by atoms with Crippen LogP contribution in [0.15, 0.2) is 24.3 Å². The molecule has 1 atom stereocenters. The van der Waals surface area contributed by atoms with Crippen LogP contribution in [0.3, 0.4) is 0 Å². The predicted molar refractivity (Wildman–Crippen MR) is 88.7 cm³/mol. The molecule has 2 N–H and O–H groups in total. The fourth-order valence-corrected chi connectivity index (χ4v) is 2.89. The van der Waals surface area contributed by atoms with Gasteiger partial charge in [-0.05, 0) is 30.5 Å². The standard InChI is InChI=1S/C17H25N3O3/c1-18-17(22)20-9-4-7-15(12-20)13-5-3-6-14(11-13)16(21)19-8-10-23-2/h3,5-6,11,15H,4,7-10,12H2,1-2H3,(H,18,22)(H,19,21). The number of hydrogen-bond acceptors (Lipinski definition) is 3. The van der Waals surface area contributed by atoms with Gasteiger partial charge >= 0.3 is 6.03 Å². The van der Waals surface area contributed by atoms with E-state index in [1.807, 2.05) is 29.2 Å². The van der Waals surface area contributed by atoms with Gasteiger partial charge in [-0.3, -0.25) is 4.79 Å². The summed E-state index contributed by atoms with van der Waals surface area (Å²) in [4.78, 5) is 25.8. The number of amides is 3. The average Bonchev–Trinajstić information content (AvgIpc) is 2.61. The number of nitrogens with one attached hydrogen (secondary N) is 2. The summed E-state index contributed by atoms with van der Waals surface area (Å²) in [6, 6.07) is 7.64. The Hall–Kier alpha value is -2.08. The van der Waals surface area contributed by atoms with Crippen LogP contribution >= 0.6 is 0 Å². The molecule has 1 aliphatic rings. The number of methoxy groups -OCH3 is 1. The number of benzene rings is 1. The smallest absolute Gasteiger partial charge is 0.317 e. The minimum absolute atomic E-state index is 0.0387. The van der Waals surface area contributed by atoms with Gasteiger partial charge in [0.25, 0.3) is 5.91 Å². The van der Waals surface area contributed by atoms with E-state index >= 15 is 0 Å². The van der Waals surface area contributed by atoms with Gasteiger partial charge in [0.2, 0.25) is 0 Å². The SMILES string of the molecule is CNC(=O)N1CCCC(c2cccc(C(=O)NCCOC)c2)C1. The number of likely N-dealkylation sites (tertiary alicyclic amines) is 1. The Morgan fingerprint density at radius 1 is 1.39 bits per heavy atom. The van der Waals surface area contributed by atoms with Crippen molar-refractivity contribution in [2.75, 3.05) is 40.4 Å². The maximum atomic E-state index is 12.1. The summed E-state index contributed by atoms with van der Waals surface area (Å²) in [6.45, 7) is 2.46. The first-order valence-corrected chi connectivity index (χ1v) is 7.99. The van der Waals surface area contributed by atoms with E-state index in [9.17, 15) is 9.59 Å². The van der Waals surface area contributed by atoms with E-state index in [-0.39, 0.29) is 17.9 Å². The van der Waals surface area contributed by atoms with Crippen molar-refractivity contribution in [3.8, 4) is 0 Å². The van der Waals surface area contributed by atoms with E-state index < -0.39 is 0 Å². The van der Waals surface area contributed by atoms with Crippen molar-refractivity contribution < 1.29 is 14.3 Å². The van der Waals surface area contributed by atoms with E-state index in [1.165, 1.54) is 0 Å². The highest BCUT2D eigenvalue weighted by Crippen LogP contribution is 2.27. The predicted octanol–water partition coefficient (Wildman–Crippen LogP) is 1.58. The number of nitrogens with zero attached hydrogens (tertiary/aromatic N) is 1. The summed E-state index contributed by atoms with van der Waals surface area (Å²) < 4.78 is 4.93. The van der Waals surface area contributed by atoms with Crippen molar-refractivity contribution in [3.63, 3.8) is 0 Å². The van der Waals surface area contributed by atoms with Crippen molar-refractivity contribution in [3.05, 3.63) is 35.4 Å². The molecule has 1 saturated heterocycles. The minimum Gasteiger partial charge on any atom is -0.383 e. The molecule has 0 spiro atoms. The summed E-state index contributed by atoms with van der Waals surface area (Å²) in [7, 11) is 3.25. The van der Waals surface area contributed by atoms with E-state index in [4.69, 9.17) is 4.74 Å². The van der Waals surface area contributed by atoms with Crippen molar-refractivity contribution in [1.29, 1.82) is 0 Å². The highest BCUT2D eigenvalue weighted by molar-refractivity contribution is 5.94. The minimum atomic E-state index is -0.0946. The summed E-state index contributed by atoms with van der Waals surface area (Å²) in [6.07, 6.45) is 2.00. The van der Waals surface area contributed by atoms with E-state index in [0.717, 1.165) is 24.9 Å². The summed E-state index contributed by atoms with van der Waals surface area (Å²) >= 11 is 0. The Kier molecular flexibility index (Phi) is 6.40. The highest BCUT2D eigenvalue weighted by Gasteiger charge is 2.24. The van der Waals surface area contributed by atoms with Gasteiger partial charge in [-0.25, -0.2) is 4.79 Å². The number of ether oxygens (including phenoxy) is 1. The lowest BCUT2D eigenvalue weighted by molar-refractivity contribution is 0.0937. The van der Waals surface area contributed by atoms with E-state index in [2.05, 4.69) is 10.6 Å². The zero-order valence-corrected chi connectivity index (χ0v) is 13.8. The largest absolute Gasteiger partial charge is 0.383 e. The number of piperidine rings is 1. The zero-order chi connectivity index (χ0) is 16.7. The lowest BCUT2D eigenvalue weighted by Gasteiger charge is -2.32. The number of hydrogen-bond donors (Lipinski definition) is 2. The molecule has 0 aromatic heterocycles. The molecule has 1 unspecified atom stereocenters. The van der Waals surface area contributed by atoms with Crippen LogP contribution in [-0.2, 0) is 4.74 Å². The molecule has 0 saturated carbocycles. The fraction of sp³-hybridized carbons (Fsp3) is 0.529. The van der Waals surface area contributed by atoms with Gasteiger partial charge < -0.3 is 20.3 Å². The number of urea groups is 1. The molecule has 1 aromatic rings. The third-order valence-corrected chi connectivity index (χ3v) is 4.13. The van der Waals surface area contributed by atoms with Crippen LogP contribution in [-0.4, -0.2) is 57.2 Å². The second kappa shape index (κ2) is 8.53.